The van der Waals surface area contributed by atoms with Crippen molar-refractivity contribution in [3.63, 3.8) is 0 Å². The molecular weight excluding hydrogens is 264 g/mol. The number of carboxylic acid groups (broad SMARTS) is 1. The van der Waals surface area contributed by atoms with E-state index in [0.29, 0.717) is 11.3 Å². The van der Waals surface area contributed by atoms with Crippen molar-refractivity contribution in [1.82, 2.24) is 15.0 Å². The lowest BCUT2D eigenvalue weighted by atomic mass is 10.1. The summed E-state index contributed by atoms with van der Waals surface area (Å²) in [4.78, 5) is 26.7. The van der Waals surface area contributed by atoms with Gasteiger partial charge in [-0.3, -0.25) is 4.84 Å². The highest BCUT2D eigenvalue weighted by molar-refractivity contribution is 5.87. The maximum Gasteiger partial charge on any atom is 0.352 e. The lowest BCUT2D eigenvalue weighted by molar-refractivity contribution is 0.0691. The van der Waals surface area contributed by atoms with E-state index in [4.69, 9.17) is 15.1 Å². The average Bonchev–Trinajstić information content (AvgIpc) is 2.90. The normalized spacial score (nSPS) is 10.5. The van der Waals surface area contributed by atoms with E-state index in [-0.39, 0.29) is 24.9 Å². The summed E-state index contributed by atoms with van der Waals surface area (Å²) in [5, 5.41) is 17.5. The Labute approximate surface area is 114 Å². The van der Waals surface area contributed by atoms with Crippen LogP contribution in [0.4, 0.5) is 5.95 Å². The SMILES string of the molecule is Cc1cnc(NOCCO)nc1-c1c[nH]c(C(=O)O)c1. The van der Waals surface area contributed by atoms with Gasteiger partial charge in [0.1, 0.15) is 5.69 Å². The van der Waals surface area contributed by atoms with Crippen molar-refractivity contribution in [2.75, 3.05) is 18.7 Å². The number of carboxylic acids is 1. The average molecular weight is 278 g/mol. The van der Waals surface area contributed by atoms with Gasteiger partial charge in [-0.1, -0.05) is 0 Å². The second-order valence-corrected chi connectivity index (χ2v) is 4.01. The molecule has 2 aromatic rings. The van der Waals surface area contributed by atoms with Crippen molar-refractivity contribution in [2.45, 2.75) is 6.92 Å². The first-order valence-electron chi connectivity index (χ1n) is 5.86. The number of aryl methyl sites for hydroxylation is 1. The smallest absolute Gasteiger partial charge is 0.352 e. The number of hydrogen-bond donors (Lipinski definition) is 4. The minimum atomic E-state index is -1.03. The molecule has 0 aliphatic heterocycles. The molecule has 0 radical (unpaired) electrons. The molecule has 2 aromatic heterocycles. The van der Waals surface area contributed by atoms with Gasteiger partial charge < -0.3 is 15.2 Å². The van der Waals surface area contributed by atoms with E-state index in [9.17, 15) is 4.79 Å². The number of aliphatic hydroxyl groups excluding tert-OH is 1. The van der Waals surface area contributed by atoms with Gasteiger partial charge in [0, 0.05) is 18.0 Å². The molecule has 106 valence electrons. The highest BCUT2D eigenvalue weighted by Crippen LogP contribution is 2.22. The fourth-order valence-corrected chi connectivity index (χ4v) is 1.60. The van der Waals surface area contributed by atoms with E-state index >= 15 is 0 Å². The first-order valence-corrected chi connectivity index (χ1v) is 5.86. The summed E-state index contributed by atoms with van der Waals surface area (Å²) in [6.45, 7) is 1.81. The first kappa shape index (κ1) is 14.0. The van der Waals surface area contributed by atoms with Gasteiger partial charge in [0.2, 0.25) is 5.95 Å². The fourth-order valence-electron chi connectivity index (χ4n) is 1.60. The molecular formula is C12H14N4O4. The Morgan fingerprint density at radius 2 is 2.35 bits per heavy atom. The van der Waals surface area contributed by atoms with Crippen molar-refractivity contribution in [1.29, 1.82) is 0 Å². The minimum Gasteiger partial charge on any atom is -0.477 e. The Bertz CT molecular complexity index is 611. The predicted octanol–water partition coefficient (Wildman–Crippen LogP) is 0.814. The predicted molar refractivity (Wildman–Crippen MR) is 70.2 cm³/mol. The first-order chi connectivity index (χ1) is 9.61. The zero-order valence-corrected chi connectivity index (χ0v) is 10.8. The molecule has 0 bridgehead atoms. The van der Waals surface area contributed by atoms with Crippen LogP contribution in [-0.2, 0) is 4.84 Å². The van der Waals surface area contributed by atoms with E-state index in [1.165, 1.54) is 6.07 Å². The molecule has 0 fully saturated rings. The van der Waals surface area contributed by atoms with E-state index in [1.807, 2.05) is 6.92 Å². The van der Waals surface area contributed by atoms with E-state index in [1.54, 1.807) is 12.4 Å². The molecule has 2 rings (SSSR count). The molecule has 8 heteroatoms. The van der Waals surface area contributed by atoms with Crippen LogP contribution >= 0.6 is 0 Å². The number of hydrogen-bond acceptors (Lipinski definition) is 6. The molecule has 0 amide bonds. The summed E-state index contributed by atoms with van der Waals surface area (Å²) < 4.78 is 0. The van der Waals surface area contributed by atoms with Gasteiger partial charge in [0.15, 0.2) is 0 Å². The fraction of sp³-hybridized carbons (Fsp3) is 0.250. The van der Waals surface area contributed by atoms with Crippen LogP contribution in [-0.4, -0.2) is 44.3 Å². The third-order valence-electron chi connectivity index (χ3n) is 2.52. The number of aromatic amines is 1. The molecule has 8 nitrogen and oxygen atoms in total. The summed E-state index contributed by atoms with van der Waals surface area (Å²) >= 11 is 0. The van der Waals surface area contributed by atoms with Crippen LogP contribution in [0.1, 0.15) is 16.1 Å². The van der Waals surface area contributed by atoms with Crippen LogP contribution in [0.15, 0.2) is 18.5 Å². The number of anilines is 1. The highest BCUT2D eigenvalue weighted by Gasteiger charge is 2.11. The maximum atomic E-state index is 10.9. The van der Waals surface area contributed by atoms with Gasteiger partial charge in [-0.15, -0.1) is 0 Å². The molecule has 0 atom stereocenters. The summed E-state index contributed by atoms with van der Waals surface area (Å²) in [6, 6.07) is 1.50. The molecule has 0 aromatic carbocycles. The molecule has 0 spiro atoms. The lowest BCUT2D eigenvalue weighted by Crippen LogP contribution is -2.09. The summed E-state index contributed by atoms with van der Waals surface area (Å²) in [6.07, 6.45) is 3.16. The zero-order valence-electron chi connectivity index (χ0n) is 10.8. The third kappa shape index (κ3) is 3.11. The van der Waals surface area contributed by atoms with Crippen molar-refractivity contribution >= 4 is 11.9 Å². The number of carbonyl (C=O) groups is 1. The molecule has 0 saturated carbocycles. The standard InChI is InChI=1S/C12H14N4O4/c1-7-5-14-12(16-20-3-2-17)15-10(7)8-4-9(11(18)19)13-6-8/h4-6,13,17H,2-3H2,1H3,(H,18,19)(H,14,15,16). The van der Waals surface area contributed by atoms with Crippen LogP contribution in [0.5, 0.6) is 0 Å². The molecule has 0 unspecified atom stereocenters. The van der Waals surface area contributed by atoms with E-state index < -0.39 is 5.97 Å². The number of aromatic carboxylic acids is 1. The molecule has 20 heavy (non-hydrogen) atoms. The van der Waals surface area contributed by atoms with Crippen molar-refractivity contribution in [2.24, 2.45) is 0 Å². The van der Waals surface area contributed by atoms with Crippen molar-refractivity contribution in [3.05, 3.63) is 29.7 Å². The lowest BCUT2D eigenvalue weighted by Gasteiger charge is -2.07. The second kappa shape index (κ2) is 6.13. The molecule has 0 saturated heterocycles. The number of nitrogens with zero attached hydrogens (tertiary/aromatic N) is 2. The number of H-pyrrole nitrogens is 1. The topological polar surface area (TPSA) is 120 Å². The van der Waals surface area contributed by atoms with Crippen LogP contribution < -0.4 is 5.48 Å². The Morgan fingerprint density at radius 3 is 3.00 bits per heavy atom. The van der Waals surface area contributed by atoms with Gasteiger partial charge in [-0.25, -0.2) is 20.2 Å². The van der Waals surface area contributed by atoms with Crippen LogP contribution in [0, 0.1) is 6.92 Å². The minimum absolute atomic E-state index is 0.0871. The number of aliphatic hydroxyl groups is 1. The Kier molecular flexibility index (Phi) is 4.28. The third-order valence-corrected chi connectivity index (χ3v) is 2.52. The van der Waals surface area contributed by atoms with Crippen LogP contribution in [0.25, 0.3) is 11.3 Å². The van der Waals surface area contributed by atoms with Gasteiger partial charge >= 0.3 is 5.97 Å². The van der Waals surface area contributed by atoms with Crippen molar-refractivity contribution in [3.8, 4) is 11.3 Å². The van der Waals surface area contributed by atoms with E-state index in [2.05, 4.69) is 20.4 Å². The number of aromatic nitrogens is 3. The summed E-state index contributed by atoms with van der Waals surface area (Å²) in [5.74, 6) is -0.801. The Morgan fingerprint density at radius 1 is 1.55 bits per heavy atom. The number of rotatable bonds is 6. The number of nitrogens with one attached hydrogen (secondary N) is 2. The van der Waals surface area contributed by atoms with Crippen LogP contribution in [0.2, 0.25) is 0 Å². The van der Waals surface area contributed by atoms with Gasteiger partial charge in [-0.2, -0.15) is 0 Å². The van der Waals surface area contributed by atoms with E-state index in [0.717, 1.165) is 5.56 Å². The van der Waals surface area contributed by atoms with Crippen molar-refractivity contribution < 1.29 is 19.8 Å². The Balaban J connectivity index is 2.25. The second-order valence-electron chi connectivity index (χ2n) is 4.01. The molecule has 0 aliphatic carbocycles. The van der Waals surface area contributed by atoms with Crippen LogP contribution in [0.3, 0.4) is 0 Å². The van der Waals surface area contributed by atoms with Gasteiger partial charge in [-0.05, 0) is 18.6 Å². The quantitative estimate of drug-likeness (QED) is 0.456. The molecule has 4 N–H and O–H groups in total. The molecule has 0 aliphatic rings. The highest BCUT2D eigenvalue weighted by atomic mass is 16.6. The summed E-state index contributed by atoms with van der Waals surface area (Å²) in [7, 11) is 0. The summed E-state index contributed by atoms with van der Waals surface area (Å²) in [5.41, 5.74) is 4.63. The monoisotopic (exact) mass is 278 g/mol. The zero-order chi connectivity index (χ0) is 14.5. The Hall–Kier alpha value is -2.45. The largest absolute Gasteiger partial charge is 0.477 e. The van der Waals surface area contributed by atoms with Gasteiger partial charge in [0.25, 0.3) is 0 Å². The maximum absolute atomic E-state index is 10.9. The van der Waals surface area contributed by atoms with Gasteiger partial charge in [0.05, 0.1) is 18.9 Å². The molecule has 2 heterocycles.